The smallest absolute Gasteiger partial charge is 0.236 e. The molecule has 0 aromatic carbocycles. The first-order valence-electron chi connectivity index (χ1n) is 6.56. The third-order valence-corrected chi connectivity index (χ3v) is 4.89. The second kappa shape index (κ2) is 6.52. The van der Waals surface area contributed by atoms with E-state index >= 15 is 0 Å². The van der Waals surface area contributed by atoms with Crippen molar-refractivity contribution in [3.8, 4) is 0 Å². The number of nitrogens with zero attached hydrogens (tertiary/aromatic N) is 1. The zero-order valence-electron chi connectivity index (χ0n) is 11.5. The average molecular weight is 276 g/mol. The molecule has 5 nitrogen and oxygen atoms in total. The van der Waals surface area contributed by atoms with Crippen molar-refractivity contribution in [2.45, 2.75) is 33.2 Å². The van der Waals surface area contributed by atoms with Crippen LogP contribution in [0.2, 0.25) is 0 Å². The van der Waals surface area contributed by atoms with E-state index in [1.54, 1.807) is 4.90 Å². The third kappa shape index (κ3) is 4.57. The molecule has 1 amide bonds. The van der Waals surface area contributed by atoms with E-state index in [0.717, 1.165) is 6.54 Å². The van der Waals surface area contributed by atoms with Crippen LogP contribution in [0.1, 0.15) is 27.2 Å². The second-order valence-electron chi connectivity index (χ2n) is 5.26. The van der Waals surface area contributed by atoms with Gasteiger partial charge >= 0.3 is 0 Å². The van der Waals surface area contributed by atoms with Crippen molar-refractivity contribution in [3.63, 3.8) is 0 Å². The SMILES string of the molecule is CCN(C(=O)CNCC(C)C)C1CCS(=O)(=O)C1. The van der Waals surface area contributed by atoms with Crippen LogP contribution >= 0.6 is 0 Å². The summed E-state index contributed by atoms with van der Waals surface area (Å²) in [7, 11) is -2.93. The molecule has 6 heteroatoms. The summed E-state index contributed by atoms with van der Waals surface area (Å²) in [6, 6.07) is -0.131. The van der Waals surface area contributed by atoms with Crippen LogP contribution in [0.3, 0.4) is 0 Å². The van der Waals surface area contributed by atoms with Crippen molar-refractivity contribution in [1.82, 2.24) is 10.2 Å². The predicted molar refractivity (Wildman–Crippen MR) is 72.2 cm³/mol. The number of carbonyl (C=O) groups is 1. The maximum atomic E-state index is 12.0. The molecular weight excluding hydrogens is 252 g/mol. The number of amides is 1. The molecule has 0 aliphatic carbocycles. The lowest BCUT2D eigenvalue weighted by molar-refractivity contribution is -0.131. The Bertz CT molecular complexity index is 379. The molecule has 106 valence electrons. The van der Waals surface area contributed by atoms with Crippen molar-refractivity contribution < 1.29 is 13.2 Å². The maximum Gasteiger partial charge on any atom is 0.236 e. The van der Waals surface area contributed by atoms with E-state index in [4.69, 9.17) is 0 Å². The molecule has 1 rings (SSSR count). The zero-order valence-corrected chi connectivity index (χ0v) is 12.3. The van der Waals surface area contributed by atoms with E-state index in [0.29, 0.717) is 25.4 Å². The van der Waals surface area contributed by atoms with Crippen LogP contribution in [0.15, 0.2) is 0 Å². The van der Waals surface area contributed by atoms with Crippen LogP contribution in [0, 0.1) is 5.92 Å². The van der Waals surface area contributed by atoms with Gasteiger partial charge < -0.3 is 10.2 Å². The van der Waals surface area contributed by atoms with E-state index in [9.17, 15) is 13.2 Å². The first kappa shape index (κ1) is 15.4. The molecule has 0 radical (unpaired) electrons. The molecule has 1 saturated heterocycles. The van der Waals surface area contributed by atoms with Crippen LogP contribution in [-0.4, -0.2) is 56.4 Å². The van der Waals surface area contributed by atoms with Crippen LogP contribution in [0.5, 0.6) is 0 Å². The van der Waals surface area contributed by atoms with Gasteiger partial charge in [-0.15, -0.1) is 0 Å². The van der Waals surface area contributed by atoms with E-state index < -0.39 is 9.84 Å². The minimum atomic E-state index is -2.93. The van der Waals surface area contributed by atoms with Gasteiger partial charge in [0.2, 0.25) is 5.91 Å². The van der Waals surface area contributed by atoms with Crippen molar-refractivity contribution in [2.75, 3.05) is 31.1 Å². The Hall–Kier alpha value is -0.620. The Morgan fingerprint density at radius 2 is 2.11 bits per heavy atom. The summed E-state index contributed by atoms with van der Waals surface area (Å²) in [4.78, 5) is 13.7. The number of likely N-dealkylation sites (N-methyl/N-ethyl adjacent to an activating group) is 1. The molecule has 1 aliphatic rings. The van der Waals surface area contributed by atoms with Gasteiger partial charge in [-0.1, -0.05) is 13.8 Å². The average Bonchev–Trinajstić information content (AvgIpc) is 2.59. The first-order valence-corrected chi connectivity index (χ1v) is 8.38. The van der Waals surface area contributed by atoms with E-state index in [1.165, 1.54) is 0 Å². The molecule has 18 heavy (non-hydrogen) atoms. The van der Waals surface area contributed by atoms with Crippen LogP contribution in [0.4, 0.5) is 0 Å². The van der Waals surface area contributed by atoms with Crippen molar-refractivity contribution in [1.29, 1.82) is 0 Å². The zero-order chi connectivity index (χ0) is 13.8. The highest BCUT2D eigenvalue weighted by molar-refractivity contribution is 7.91. The third-order valence-electron chi connectivity index (χ3n) is 3.14. The fourth-order valence-corrected chi connectivity index (χ4v) is 3.96. The van der Waals surface area contributed by atoms with Gasteiger partial charge in [-0.05, 0) is 25.8 Å². The topological polar surface area (TPSA) is 66.5 Å². The standard InChI is InChI=1S/C12H24N2O3S/c1-4-14(11-5-6-18(16,17)9-11)12(15)8-13-7-10(2)3/h10-11,13H,4-9H2,1-3H3. The second-order valence-corrected chi connectivity index (χ2v) is 7.49. The number of rotatable bonds is 6. The minimum Gasteiger partial charge on any atom is -0.338 e. The van der Waals surface area contributed by atoms with Crippen LogP contribution in [-0.2, 0) is 14.6 Å². The summed E-state index contributed by atoms with van der Waals surface area (Å²) in [5.74, 6) is 0.831. The maximum absolute atomic E-state index is 12.0. The summed E-state index contributed by atoms with van der Waals surface area (Å²) in [6.07, 6.45) is 0.575. The van der Waals surface area contributed by atoms with Gasteiger partial charge in [0.1, 0.15) is 0 Å². The molecule has 1 aliphatic heterocycles. The normalized spacial score (nSPS) is 22.3. The van der Waals surface area contributed by atoms with E-state index in [2.05, 4.69) is 19.2 Å². The molecule has 1 heterocycles. The summed E-state index contributed by atoms with van der Waals surface area (Å²) < 4.78 is 22.9. The highest BCUT2D eigenvalue weighted by atomic mass is 32.2. The quantitative estimate of drug-likeness (QED) is 0.756. The first-order chi connectivity index (χ1) is 8.35. The molecule has 0 aromatic rings. The van der Waals surface area contributed by atoms with Gasteiger partial charge in [-0.3, -0.25) is 4.79 Å². The summed E-state index contributed by atoms with van der Waals surface area (Å²) in [6.45, 7) is 7.72. The number of hydrogen-bond acceptors (Lipinski definition) is 4. The Morgan fingerprint density at radius 1 is 1.44 bits per heavy atom. The van der Waals surface area contributed by atoms with Gasteiger partial charge in [0.25, 0.3) is 0 Å². The van der Waals surface area contributed by atoms with Gasteiger partial charge in [0.15, 0.2) is 9.84 Å². The Morgan fingerprint density at radius 3 is 2.56 bits per heavy atom. The number of nitrogens with one attached hydrogen (secondary N) is 1. The Labute approximate surface area is 110 Å². The van der Waals surface area contributed by atoms with E-state index in [-0.39, 0.29) is 23.5 Å². The summed E-state index contributed by atoms with van der Waals surface area (Å²) in [5.41, 5.74) is 0. The monoisotopic (exact) mass is 276 g/mol. The number of sulfone groups is 1. The lowest BCUT2D eigenvalue weighted by Gasteiger charge is -2.27. The van der Waals surface area contributed by atoms with Gasteiger partial charge in [0.05, 0.1) is 18.1 Å². The fraction of sp³-hybridized carbons (Fsp3) is 0.917. The largest absolute Gasteiger partial charge is 0.338 e. The highest BCUT2D eigenvalue weighted by Gasteiger charge is 2.33. The van der Waals surface area contributed by atoms with Crippen molar-refractivity contribution in [2.24, 2.45) is 5.92 Å². The van der Waals surface area contributed by atoms with Gasteiger partial charge in [0, 0.05) is 12.6 Å². The highest BCUT2D eigenvalue weighted by Crippen LogP contribution is 2.17. The Balaban J connectivity index is 2.48. The van der Waals surface area contributed by atoms with Crippen molar-refractivity contribution >= 4 is 15.7 Å². The lowest BCUT2D eigenvalue weighted by atomic mass is 10.2. The van der Waals surface area contributed by atoms with Crippen molar-refractivity contribution in [3.05, 3.63) is 0 Å². The molecular formula is C12H24N2O3S. The molecule has 0 aromatic heterocycles. The minimum absolute atomic E-state index is 0.000231. The summed E-state index contributed by atoms with van der Waals surface area (Å²) in [5, 5.41) is 3.10. The predicted octanol–water partition coefficient (Wildman–Crippen LogP) is 0.268. The Kier molecular flexibility index (Phi) is 5.59. The van der Waals surface area contributed by atoms with Crippen LogP contribution < -0.4 is 5.32 Å². The van der Waals surface area contributed by atoms with Gasteiger partial charge in [-0.25, -0.2) is 8.42 Å². The molecule has 1 unspecified atom stereocenters. The molecule has 0 spiro atoms. The fourth-order valence-electron chi connectivity index (χ4n) is 2.23. The molecule has 1 atom stereocenters. The number of hydrogen-bond donors (Lipinski definition) is 1. The number of carbonyl (C=O) groups excluding carboxylic acids is 1. The van der Waals surface area contributed by atoms with Gasteiger partial charge in [-0.2, -0.15) is 0 Å². The van der Waals surface area contributed by atoms with E-state index in [1.807, 2.05) is 6.92 Å². The van der Waals surface area contributed by atoms with Crippen LogP contribution in [0.25, 0.3) is 0 Å². The summed E-state index contributed by atoms with van der Waals surface area (Å²) >= 11 is 0. The molecule has 1 fully saturated rings. The molecule has 0 saturated carbocycles. The lowest BCUT2D eigenvalue weighted by Crippen LogP contribution is -2.45. The molecule has 0 bridgehead atoms. The molecule has 1 N–H and O–H groups in total.